The Morgan fingerprint density at radius 1 is 0.568 bits per heavy atom. The number of hydrogen-bond acceptors (Lipinski definition) is 24. The predicted molar refractivity (Wildman–Crippen MR) is 406 cm³/mol. The summed E-state index contributed by atoms with van der Waals surface area (Å²) in [7, 11) is 0. The maximum absolute atomic E-state index is 14.7. The van der Waals surface area contributed by atoms with Crippen molar-refractivity contribution in [2.75, 3.05) is 57.7 Å². The summed E-state index contributed by atoms with van der Waals surface area (Å²) in [5.41, 5.74) is 41.5. The molecule has 1 aromatic carbocycles. The number of nitrogens with one attached hydrogen (secondary N) is 11. The lowest BCUT2D eigenvalue weighted by Crippen LogP contribution is -2.61. The van der Waals surface area contributed by atoms with Gasteiger partial charge in [-0.15, -0.1) is 0 Å². The molecule has 41 heteroatoms. The molecular weight excluding hydrogens is 1450 g/mol. The number of aliphatic imine (C=N–C) groups is 1. The molecule has 0 aliphatic carbocycles. The molecule has 0 spiro atoms. The molecule has 1 saturated heterocycles. The van der Waals surface area contributed by atoms with E-state index in [0.717, 1.165) is 5.39 Å². The fraction of sp³-hybridized carbons (Fsp3) is 0.586. The third-order valence-electron chi connectivity index (χ3n) is 17.7. The van der Waals surface area contributed by atoms with Gasteiger partial charge in [0.2, 0.25) is 65.0 Å². The largest absolute Gasteiger partial charge is 0.481 e. The SMILES string of the molecule is CC(C)[C@H](NC(=O)[C@H](CCCCN)NC(=O)[C@H](CCCN=C(N)N)NC(=O)[C@H](CCCCN)NC(=O)[C@H](CCCCN)NC(=O)[C@H](CCCCN)NC(=O)[C@@H]1CCCN1C(=O)[C@H](C)NC(=O)/C=N/OCC(=O)NCC(=O)Nc1cc2cccnc2c2ncccc12)C(=O)N[C@@H](CCC(=O)O)C(=O)N[C@@H](CC(=O)O)C(N)=O. The number of carboxylic acids is 2. The average Bonchev–Trinajstić information content (AvgIpc) is 1.18. The number of primary amides is 1. The summed E-state index contributed by atoms with van der Waals surface area (Å²) in [6.45, 7) is 4.13. The number of anilines is 1. The first-order valence-electron chi connectivity index (χ1n) is 36.9. The molecule has 0 unspecified atom stereocenters. The Bertz CT molecular complexity index is 3750. The van der Waals surface area contributed by atoms with Crippen LogP contribution in [0.15, 0.2) is 52.9 Å². The fourth-order valence-corrected chi connectivity index (χ4v) is 11.8. The topological polar surface area (TPSA) is 674 Å². The number of aromatic nitrogens is 2. The maximum Gasteiger partial charge on any atom is 0.305 e. The van der Waals surface area contributed by atoms with Gasteiger partial charge in [-0.3, -0.25) is 86.9 Å². The molecule has 41 nitrogen and oxygen atoms in total. The Balaban J connectivity index is 1.47. The summed E-state index contributed by atoms with van der Waals surface area (Å²) in [6.07, 6.45) is 4.71. The van der Waals surface area contributed by atoms with Gasteiger partial charge in [-0.2, -0.15) is 0 Å². The number of rotatable bonds is 52. The lowest BCUT2D eigenvalue weighted by Gasteiger charge is -2.30. The van der Waals surface area contributed by atoms with Gasteiger partial charge < -0.3 is 119 Å². The van der Waals surface area contributed by atoms with Crippen molar-refractivity contribution >= 4 is 128 Å². The van der Waals surface area contributed by atoms with Crippen LogP contribution in [0.5, 0.6) is 0 Å². The molecule has 27 N–H and O–H groups in total. The summed E-state index contributed by atoms with van der Waals surface area (Å²) in [6, 6.07) is -5.49. The highest BCUT2D eigenvalue weighted by Crippen LogP contribution is 2.29. The van der Waals surface area contributed by atoms with Crippen molar-refractivity contribution in [3.05, 3.63) is 42.7 Å². The number of carboxylic acid groups (broad SMARTS) is 2. The van der Waals surface area contributed by atoms with Crippen LogP contribution in [0.3, 0.4) is 0 Å². The van der Waals surface area contributed by atoms with Gasteiger partial charge in [0, 0.05) is 42.7 Å². The summed E-state index contributed by atoms with van der Waals surface area (Å²) >= 11 is 0. The number of nitrogens with zero attached hydrogens (tertiary/aromatic N) is 5. The monoisotopic (exact) mass is 1560 g/mol. The van der Waals surface area contributed by atoms with Crippen LogP contribution in [0.4, 0.5) is 5.69 Å². The first kappa shape index (κ1) is 92.1. The van der Waals surface area contributed by atoms with E-state index in [-0.39, 0.29) is 109 Å². The molecule has 10 atom stereocenters. The van der Waals surface area contributed by atoms with Crippen molar-refractivity contribution in [2.24, 2.45) is 56.2 Å². The Labute approximate surface area is 640 Å². The number of aliphatic carboxylic acids is 2. The second kappa shape index (κ2) is 48.9. The molecule has 2 aromatic heterocycles. The quantitative estimate of drug-likeness (QED) is 0.00830. The molecule has 1 aliphatic rings. The summed E-state index contributed by atoms with van der Waals surface area (Å²) < 4.78 is 0. The fourth-order valence-electron chi connectivity index (χ4n) is 11.8. The first-order chi connectivity index (χ1) is 52.9. The lowest BCUT2D eigenvalue weighted by molar-refractivity contribution is -0.141. The molecule has 1 aliphatic heterocycles. The van der Waals surface area contributed by atoms with Crippen molar-refractivity contribution in [1.29, 1.82) is 0 Å². The van der Waals surface area contributed by atoms with Gasteiger partial charge in [-0.05, 0) is 172 Å². The van der Waals surface area contributed by atoms with E-state index in [2.05, 4.69) is 78.6 Å². The number of fused-ring (bicyclic) bond motifs is 3. The number of guanidine groups is 1. The number of carbonyl (C=O) groups excluding carboxylic acids is 13. The molecule has 4 rings (SSSR count). The maximum atomic E-state index is 14.7. The second-order valence-corrected chi connectivity index (χ2v) is 26.8. The average molecular weight is 1560 g/mol. The summed E-state index contributed by atoms with van der Waals surface area (Å²) in [5, 5.41) is 51.8. The van der Waals surface area contributed by atoms with E-state index in [1.165, 1.54) is 25.7 Å². The van der Waals surface area contributed by atoms with Gasteiger partial charge in [-0.25, -0.2) is 0 Å². The van der Waals surface area contributed by atoms with E-state index in [4.69, 9.17) is 45.0 Å². The zero-order chi connectivity index (χ0) is 82.1. The number of nitrogens with two attached hydrogens (primary N) is 7. The third kappa shape index (κ3) is 32.4. The molecule has 3 aromatic rings. The summed E-state index contributed by atoms with van der Waals surface area (Å²) in [4.78, 5) is 221. The Hall–Kier alpha value is -11.3. The third-order valence-corrected chi connectivity index (χ3v) is 17.7. The van der Waals surface area contributed by atoms with Crippen molar-refractivity contribution in [3.8, 4) is 0 Å². The van der Waals surface area contributed by atoms with E-state index in [1.54, 1.807) is 36.7 Å². The van der Waals surface area contributed by atoms with Crippen molar-refractivity contribution in [2.45, 2.75) is 203 Å². The molecule has 13 amide bonds. The normalized spacial score (nSPS) is 15.0. The minimum atomic E-state index is -1.75. The molecule has 3 heterocycles. The molecular formula is C70H109N23O18. The number of likely N-dealkylation sites (tertiary alicyclic amines) is 1. The minimum absolute atomic E-state index is 0.0192. The molecule has 111 heavy (non-hydrogen) atoms. The predicted octanol–water partition coefficient (Wildman–Crippen LogP) is -4.74. The molecule has 1 fully saturated rings. The van der Waals surface area contributed by atoms with Crippen LogP contribution in [0, 0.1) is 5.92 Å². The first-order valence-corrected chi connectivity index (χ1v) is 36.9. The van der Waals surface area contributed by atoms with Crippen LogP contribution in [-0.4, -0.2) is 239 Å². The van der Waals surface area contributed by atoms with E-state index in [9.17, 15) is 82.1 Å². The Kier molecular flexibility index (Phi) is 40.6. The van der Waals surface area contributed by atoms with Crippen molar-refractivity contribution in [1.82, 2.24) is 68.0 Å². The molecule has 0 saturated carbocycles. The van der Waals surface area contributed by atoms with Crippen LogP contribution < -0.4 is 98.6 Å². The second-order valence-electron chi connectivity index (χ2n) is 26.8. The highest BCUT2D eigenvalue weighted by atomic mass is 16.6. The van der Waals surface area contributed by atoms with Crippen LogP contribution >= 0.6 is 0 Å². The number of benzene rings is 1. The van der Waals surface area contributed by atoms with Gasteiger partial charge in [0.15, 0.2) is 12.6 Å². The van der Waals surface area contributed by atoms with E-state index in [1.807, 2.05) is 6.07 Å². The van der Waals surface area contributed by atoms with Gasteiger partial charge in [0.05, 0.1) is 29.7 Å². The zero-order valence-electron chi connectivity index (χ0n) is 62.8. The van der Waals surface area contributed by atoms with E-state index >= 15 is 0 Å². The highest BCUT2D eigenvalue weighted by molar-refractivity contribution is 6.26. The smallest absolute Gasteiger partial charge is 0.305 e. The minimum Gasteiger partial charge on any atom is -0.481 e. The number of unbranched alkanes of at least 4 members (excludes halogenated alkanes) is 4. The van der Waals surface area contributed by atoms with Crippen molar-refractivity contribution in [3.63, 3.8) is 0 Å². The molecule has 612 valence electrons. The van der Waals surface area contributed by atoms with Crippen LogP contribution in [0.1, 0.15) is 143 Å². The van der Waals surface area contributed by atoms with Gasteiger partial charge in [0.1, 0.15) is 66.6 Å². The number of hydrogen-bond donors (Lipinski definition) is 20. The highest BCUT2D eigenvalue weighted by Gasteiger charge is 2.40. The Morgan fingerprint density at radius 2 is 1.05 bits per heavy atom. The van der Waals surface area contributed by atoms with Crippen LogP contribution in [0.25, 0.3) is 21.8 Å². The molecule has 0 bridgehead atoms. The van der Waals surface area contributed by atoms with Gasteiger partial charge >= 0.3 is 11.9 Å². The molecule has 0 radical (unpaired) electrons. The van der Waals surface area contributed by atoms with Gasteiger partial charge in [-0.1, -0.05) is 25.1 Å². The number of amides is 13. The number of oxime groups is 1. The summed E-state index contributed by atoms with van der Waals surface area (Å²) in [5.74, 6) is -15.3. The van der Waals surface area contributed by atoms with Crippen molar-refractivity contribution < 1.29 is 87.0 Å². The van der Waals surface area contributed by atoms with Crippen LogP contribution in [-0.2, 0) is 76.8 Å². The van der Waals surface area contributed by atoms with E-state index < -0.39 is 187 Å². The number of pyridine rings is 2. The lowest BCUT2D eigenvalue weighted by atomic mass is 10.00. The zero-order valence-corrected chi connectivity index (χ0v) is 62.8. The Morgan fingerprint density at radius 3 is 1.54 bits per heavy atom. The number of carbonyl (C=O) groups is 15. The standard InChI is InChI=1S/C70H109N23O18/c1-39(2)57(68(109)90-48(24-25-55(97)98)65(106)91-50(60(75)101)35-56(99)100)92-66(107)46(21-7-11-29-74)87-64(105)47(22-14-32-80-70(76)77)88-62(103)44(19-5-9-27-72)85-61(102)43(18-4-8-26-71)86-63(104)45(20-6-10-28-73)89-67(108)51-23-15-33-93(51)69(110)40(3)83-53(95)37-82-111-38-54(96)81-36-52(94)84-49-34-41-16-12-30-78-58(41)59-42(49)17-13-31-79-59/h12-13,16-17,30-31,34,37,39-40,43-48,50-51,57H,4-11,14-15,18-29,32-33,35-36,38,71-74H2,1-3H3,(H2,75,101)(H,81,96)(H,83,95)(H,84,94)(H,85,102)(H,86,104)(H,87,105)(H,88,103)(H,89,108)(H,90,109)(H,91,106)(H,92,107)(H,97,98)(H,99,100)(H4,76,77,80)/b82-37+/t40-,43-,44-,45-,46-,47-,48-,50-,51-,57-/m0/s1. The van der Waals surface area contributed by atoms with E-state index in [0.29, 0.717) is 66.8 Å². The van der Waals surface area contributed by atoms with Gasteiger partial charge in [0.25, 0.3) is 11.8 Å². The van der Waals surface area contributed by atoms with Crippen LogP contribution in [0.2, 0.25) is 0 Å².